The number of ether oxygens (including phenoxy) is 4. The molecule has 2 aromatic rings. The summed E-state index contributed by atoms with van der Waals surface area (Å²) in [5, 5.41) is 11.2. The van der Waals surface area contributed by atoms with Gasteiger partial charge in [-0.2, -0.15) is 0 Å². The summed E-state index contributed by atoms with van der Waals surface area (Å²) in [4.78, 5) is 27.6. The summed E-state index contributed by atoms with van der Waals surface area (Å²) >= 11 is 3.36. The normalized spacial score (nSPS) is 17.4. The molecule has 0 radical (unpaired) electrons. The van der Waals surface area contributed by atoms with Gasteiger partial charge in [-0.1, -0.05) is 28.1 Å². The number of aliphatic hydroxyl groups excluding tert-OH is 1. The zero-order valence-electron chi connectivity index (χ0n) is 19.8. The molecule has 34 heavy (non-hydrogen) atoms. The van der Waals surface area contributed by atoms with Gasteiger partial charge < -0.3 is 29.0 Å². The molecule has 1 aliphatic rings. The van der Waals surface area contributed by atoms with Crippen molar-refractivity contribution in [2.45, 2.75) is 26.0 Å². The van der Waals surface area contributed by atoms with Gasteiger partial charge in [0.05, 0.1) is 45.7 Å². The van der Waals surface area contributed by atoms with Crippen molar-refractivity contribution in [3.8, 4) is 17.2 Å². The largest absolute Gasteiger partial charge is 0.507 e. The van der Waals surface area contributed by atoms with Crippen molar-refractivity contribution in [1.82, 2.24) is 4.90 Å². The summed E-state index contributed by atoms with van der Waals surface area (Å²) in [6, 6.07) is 9.29. The third-order valence-electron chi connectivity index (χ3n) is 5.44. The summed E-state index contributed by atoms with van der Waals surface area (Å²) in [7, 11) is 4.45. The highest BCUT2D eigenvalue weighted by atomic mass is 79.9. The van der Waals surface area contributed by atoms with E-state index in [4.69, 9.17) is 18.9 Å². The Morgan fingerprint density at radius 2 is 1.62 bits per heavy atom. The summed E-state index contributed by atoms with van der Waals surface area (Å²) < 4.78 is 22.8. The molecule has 0 aliphatic carbocycles. The highest BCUT2D eigenvalue weighted by Crippen LogP contribution is 2.45. The van der Waals surface area contributed by atoms with Gasteiger partial charge in [-0.25, -0.2) is 0 Å². The van der Waals surface area contributed by atoms with E-state index < -0.39 is 17.7 Å². The minimum absolute atomic E-state index is 0.0221. The zero-order valence-corrected chi connectivity index (χ0v) is 21.3. The number of hydrogen-bond acceptors (Lipinski definition) is 7. The molecule has 0 aromatic heterocycles. The van der Waals surface area contributed by atoms with Crippen LogP contribution in [0.3, 0.4) is 0 Å². The van der Waals surface area contributed by atoms with E-state index in [1.54, 1.807) is 36.4 Å². The summed E-state index contributed by atoms with van der Waals surface area (Å²) in [5.41, 5.74) is 0.917. The van der Waals surface area contributed by atoms with E-state index in [-0.39, 0.29) is 30.6 Å². The van der Waals surface area contributed by atoms with Crippen LogP contribution in [0.4, 0.5) is 0 Å². The average molecular weight is 534 g/mol. The highest BCUT2D eigenvalue weighted by Gasteiger charge is 2.46. The van der Waals surface area contributed by atoms with Crippen LogP contribution in [0.15, 0.2) is 46.4 Å². The van der Waals surface area contributed by atoms with Gasteiger partial charge in [0.1, 0.15) is 5.76 Å². The summed E-state index contributed by atoms with van der Waals surface area (Å²) in [6.07, 6.45) is -0.0424. The standard InChI is InChI=1S/C25H28BrNO7/c1-14(2)34-11-10-27-21(16-12-18(31-3)24(33-5)19(13-16)32-4)20(23(29)25(27)30)22(28)15-6-8-17(26)9-7-15/h6-9,12-14,21,28H,10-11H2,1-5H3/b22-20+. The van der Waals surface area contributed by atoms with E-state index in [1.165, 1.54) is 26.2 Å². The fourth-order valence-electron chi connectivity index (χ4n) is 3.87. The maximum Gasteiger partial charge on any atom is 0.295 e. The number of rotatable bonds is 9. The van der Waals surface area contributed by atoms with Crippen LogP contribution >= 0.6 is 15.9 Å². The lowest BCUT2D eigenvalue weighted by Crippen LogP contribution is -2.33. The fourth-order valence-corrected chi connectivity index (χ4v) is 4.13. The van der Waals surface area contributed by atoms with Crippen molar-refractivity contribution in [2.75, 3.05) is 34.5 Å². The number of likely N-dealkylation sites (tertiary alicyclic amines) is 1. The predicted octanol–water partition coefficient (Wildman–Crippen LogP) is 4.32. The molecule has 0 bridgehead atoms. The molecule has 0 spiro atoms. The third-order valence-corrected chi connectivity index (χ3v) is 5.97. The third kappa shape index (κ3) is 5.05. The minimum Gasteiger partial charge on any atom is -0.507 e. The Kier molecular flexibility index (Phi) is 8.22. The van der Waals surface area contributed by atoms with Crippen molar-refractivity contribution in [2.24, 2.45) is 0 Å². The molecular weight excluding hydrogens is 506 g/mol. The van der Waals surface area contributed by atoms with E-state index in [2.05, 4.69) is 15.9 Å². The smallest absolute Gasteiger partial charge is 0.295 e. The lowest BCUT2D eigenvalue weighted by atomic mass is 9.94. The Balaban J connectivity index is 2.21. The van der Waals surface area contributed by atoms with Gasteiger partial charge in [-0.3, -0.25) is 9.59 Å². The van der Waals surface area contributed by atoms with Crippen LogP contribution in [-0.4, -0.2) is 62.3 Å². The second kappa shape index (κ2) is 10.9. The molecular formula is C25H28BrNO7. The Labute approximate surface area is 207 Å². The van der Waals surface area contributed by atoms with Crippen molar-refractivity contribution in [3.05, 3.63) is 57.6 Å². The molecule has 1 atom stereocenters. The number of aliphatic hydroxyl groups is 1. The molecule has 1 amide bonds. The predicted molar refractivity (Wildman–Crippen MR) is 130 cm³/mol. The van der Waals surface area contributed by atoms with Crippen molar-refractivity contribution >= 4 is 33.4 Å². The number of amides is 1. The van der Waals surface area contributed by atoms with Crippen LogP contribution in [0.2, 0.25) is 0 Å². The first-order valence-corrected chi connectivity index (χ1v) is 11.5. The number of carbonyl (C=O) groups excluding carboxylic acids is 2. The van der Waals surface area contributed by atoms with Crippen LogP contribution in [0.25, 0.3) is 5.76 Å². The maximum absolute atomic E-state index is 13.2. The van der Waals surface area contributed by atoms with Crippen LogP contribution < -0.4 is 14.2 Å². The molecule has 1 unspecified atom stereocenters. The fraction of sp³-hybridized carbons (Fsp3) is 0.360. The van der Waals surface area contributed by atoms with E-state index in [9.17, 15) is 14.7 Å². The molecule has 1 aliphatic heterocycles. The molecule has 1 saturated heterocycles. The second-order valence-corrected chi connectivity index (χ2v) is 8.79. The molecule has 1 heterocycles. The van der Waals surface area contributed by atoms with Gasteiger partial charge in [-0.15, -0.1) is 0 Å². The van der Waals surface area contributed by atoms with E-state index in [0.717, 1.165) is 4.47 Å². The van der Waals surface area contributed by atoms with Crippen LogP contribution in [0, 0.1) is 0 Å². The molecule has 2 aromatic carbocycles. The first-order valence-electron chi connectivity index (χ1n) is 10.7. The van der Waals surface area contributed by atoms with Crippen LogP contribution in [-0.2, 0) is 14.3 Å². The topological polar surface area (TPSA) is 94.5 Å². The Morgan fingerprint density at radius 3 is 2.12 bits per heavy atom. The Hall–Kier alpha value is -3.04. The molecule has 3 rings (SSSR count). The van der Waals surface area contributed by atoms with Crippen LogP contribution in [0.5, 0.6) is 17.2 Å². The van der Waals surface area contributed by atoms with Gasteiger partial charge in [0.15, 0.2) is 11.5 Å². The molecule has 1 N–H and O–H groups in total. The molecule has 182 valence electrons. The second-order valence-electron chi connectivity index (χ2n) is 7.88. The number of hydrogen-bond donors (Lipinski definition) is 1. The Bertz CT molecular complexity index is 1070. The lowest BCUT2D eigenvalue weighted by molar-refractivity contribution is -0.140. The van der Waals surface area contributed by atoms with Crippen molar-refractivity contribution < 1.29 is 33.6 Å². The molecule has 1 fully saturated rings. The number of ketones is 1. The Morgan fingerprint density at radius 1 is 1.03 bits per heavy atom. The van der Waals surface area contributed by atoms with Gasteiger partial charge in [0.25, 0.3) is 11.7 Å². The number of methoxy groups -OCH3 is 3. The average Bonchev–Trinajstić information content (AvgIpc) is 3.07. The first-order chi connectivity index (χ1) is 16.2. The first kappa shape index (κ1) is 25.6. The monoisotopic (exact) mass is 533 g/mol. The summed E-state index contributed by atoms with van der Waals surface area (Å²) in [6.45, 7) is 4.15. The van der Waals surface area contributed by atoms with Gasteiger partial charge in [0.2, 0.25) is 5.75 Å². The zero-order chi connectivity index (χ0) is 25.0. The number of Topliss-reactive ketones (excluding diaryl/α,β-unsaturated/α-hetero) is 1. The SMILES string of the molecule is COc1cc(C2/C(=C(\O)c3ccc(Br)cc3)C(=O)C(=O)N2CCOC(C)C)cc(OC)c1OC. The summed E-state index contributed by atoms with van der Waals surface area (Å²) in [5.74, 6) is -0.652. The van der Waals surface area contributed by atoms with E-state index in [0.29, 0.717) is 28.4 Å². The molecule has 8 nitrogen and oxygen atoms in total. The van der Waals surface area contributed by atoms with E-state index >= 15 is 0 Å². The number of carbonyl (C=O) groups is 2. The van der Waals surface area contributed by atoms with Gasteiger partial charge >= 0.3 is 0 Å². The van der Waals surface area contributed by atoms with Gasteiger partial charge in [-0.05, 0) is 43.7 Å². The van der Waals surface area contributed by atoms with E-state index in [1.807, 2.05) is 13.8 Å². The highest BCUT2D eigenvalue weighted by molar-refractivity contribution is 9.10. The minimum atomic E-state index is -0.881. The maximum atomic E-state index is 13.2. The quantitative estimate of drug-likeness (QED) is 0.291. The lowest BCUT2D eigenvalue weighted by Gasteiger charge is -2.26. The van der Waals surface area contributed by atoms with Gasteiger partial charge in [0, 0.05) is 16.6 Å². The van der Waals surface area contributed by atoms with Crippen LogP contribution in [0.1, 0.15) is 31.0 Å². The number of halogens is 1. The molecule has 9 heteroatoms. The van der Waals surface area contributed by atoms with Crippen molar-refractivity contribution in [3.63, 3.8) is 0 Å². The number of nitrogens with zero attached hydrogens (tertiary/aromatic N) is 1. The number of benzene rings is 2. The molecule has 0 saturated carbocycles. The van der Waals surface area contributed by atoms with Crippen molar-refractivity contribution in [1.29, 1.82) is 0 Å².